The predicted molar refractivity (Wildman–Crippen MR) is 51.1 cm³/mol. The summed E-state index contributed by atoms with van der Waals surface area (Å²) >= 11 is 0. The molecule has 0 saturated carbocycles. The zero-order valence-corrected chi connectivity index (χ0v) is 7.93. The van der Waals surface area contributed by atoms with Gasteiger partial charge in [-0.2, -0.15) is 0 Å². The number of carbonyl (C=O) groups is 2. The van der Waals surface area contributed by atoms with Crippen molar-refractivity contribution in [3.63, 3.8) is 0 Å². The summed E-state index contributed by atoms with van der Waals surface area (Å²) in [6, 6.07) is 0. The minimum Gasteiger partial charge on any atom is -0.356 e. The maximum atomic E-state index is 10.7. The van der Waals surface area contributed by atoms with Crippen molar-refractivity contribution in [3.8, 4) is 0 Å². The number of hydrogen-bond acceptors (Lipinski definition) is 2. The Morgan fingerprint density at radius 2 is 1.77 bits per heavy atom. The van der Waals surface area contributed by atoms with Crippen LogP contribution in [0.25, 0.3) is 0 Å². The van der Waals surface area contributed by atoms with E-state index >= 15 is 0 Å². The van der Waals surface area contributed by atoms with Crippen LogP contribution in [0.1, 0.15) is 19.8 Å². The third-order valence-electron chi connectivity index (χ3n) is 1.46. The molecule has 0 rings (SSSR count). The normalized spacial score (nSPS) is 9.00. The fourth-order valence-corrected chi connectivity index (χ4v) is 0.798. The maximum Gasteiger partial charge on any atom is 0.243 e. The number of rotatable bonds is 6. The zero-order valence-electron chi connectivity index (χ0n) is 7.93. The average Bonchev–Trinajstić information content (AvgIpc) is 2.10. The lowest BCUT2D eigenvalue weighted by atomic mass is 10.3. The summed E-state index contributed by atoms with van der Waals surface area (Å²) in [7, 11) is 0. The van der Waals surface area contributed by atoms with Crippen LogP contribution in [0.15, 0.2) is 12.7 Å². The van der Waals surface area contributed by atoms with Gasteiger partial charge in [-0.1, -0.05) is 6.58 Å². The Balaban J connectivity index is 3.12. The van der Waals surface area contributed by atoms with Crippen molar-refractivity contribution in [2.75, 3.05) is 13.1 Å². The summed E-state index contributed by atoms with van der Waals surface area (Å²) in [5.41, 5.74) is 0. The predicted octanol–water partition coefficient (Wildman–Crippen LogP) is 0.205. The van der Waals surface area contributed by atoms with E-state index in [0.717, 1.165) is 12.8 Å². The second kappa shape index (κ2) is 7.34. The fraction of sp³-hybridized carbons (Fsp3) is 0.556. The quantitative estimate of drug-likeness (QED) is 0.458. The minimum absolute atomic E-state index is 0.0184. The molecule has 0 bridgehead atoms. The number of hydrogen-bond donors (Lipinski definition) is 2. The summed E-state index contributed by atoms with van der Waals surface area (Å²) in [5.74, 6) is -0.172. The summed E-state index contributed by atoms with van der Waals surface area (Å²) < 4.78 is 0. The van der Waals surface area contributed by atoms with Gasteiger partial charge in [0.15, 0.2) is 0 Å². The van der Waals surface area contributed by atoms with E-state index in [4.69, 9.17) is 0 Å². The smallest absolute Gasteiger partial charge is 0.243 e. The van der Waals surface area contributed by atoms with Crippen molar-refractivity contribution in [2.24, 2.45) is 0 Å². The summed E-state index contributed by atoms with van der Waals surface area (Å²) in [4.78, 5) is 21.1. The number of nitrogens with one attached hydrogen (secondary N) is 2. The molecule has 0 unspecified atom stereocenters. The first kappa shape index (κ1) is 11.7. The zero-order chi connectivity index (χ0) is 10.1. The lowest BCUT2D eigenvalue weighted by molar-refractivity contribution is -0.119. The van der Waals surface area contributed by atoms with Crippen LogP contribution in [0.3, 0.4) is 0 Å². The van der Waals surface area contributed by atoms with Crippen LogP contribution in [0, 0.1) is 0 Å². The first-order valence-corrected chi connectivity index (χ1v) is 4.31. The number of unbranched alkanes of at least 4 members (excludes halogenated alkanes) is 1. The molecule has 0 spiro atoms. The average molecular weight is 184 g/mol. The molecule has 2 N–H and O–H groups in total. The van der Waals surface area contributed by atoms with E-state index in [-0.39, 0.29) is 11.8 Å². The molecule has 0 aliphatic carbocycles. The van der Waals surface area contributed by atoms with Crippen LogP contribution in [0.4, 0.5) is 0 Å². The summed E-state index contributed by atoms with van der Waals surface area (Å²) in [5, 5.41) is 5.33. The third-order valence-corrected chi connectivity index (χ3v) is 1.46. The van der Waals surface area contributed by atoms with Crippen LogP contribution in [-0.2, 0) is 9.59 Å². The minimum atomic E-state index is -0.153. The van der Waals surface area contributed by atoms with Crippen LogP contribution in [0.2, 0.25) is 0 Å². The molecule has 0 heterocycles. The Kier molecular flexibility index (Phi) is 6.59. The van der Waals surface area contributed by atoms with Crippen molar-refractivity contribution in [3.05, 3.63) is 12.7 Å². The van der Waals surface area contributed by atoms with Gasteiger partial charge < -0.3 is 10.6 Å². The molecule has 0 saturated heterocycles. The summed E-state index contributed by atoms with van der Waals surface area (Å²) in [6.45, 7) is 6.11. The van der Waals surface area contributed by atoms with Gasteiger partial charge in [0.2, 0.25) is 11.8 Å². The molecule has 74 valence electrons. The first-order valence-electron chi connectivity index (χ1n) is 4.31. The highest BCUT2D eigenvalue weighted by molar-refractivity contribution is 5.86. The molecule has 0 aliphatic rings. The molecule has 2 amide bonds. The molecule has 0 radical (unpaired) electrons. The molecule has 0 aromatic rings. The van der Waals surface area contributed by atoms with E-state index in [0.29, 0.717) is 13.1 Å². The van der Waals surface area contributed by atoms with E-state index in [1.54, 1.807) is 0 Å². The van der Waals surface area contributed by atoms with Gasteiger partial charge in [-0.15, -0.1) is 0 Å². The lowest BCUT2D eigenvalue weighted by Gasteiger charge is -2.02. The summed E-state index contributed by atoms with van der Waals surface area (Å²) in [6.07, 6.45) is 2.98. The molecular weight excluding hydrogens is 168 g/mol. The van der Waals surface area contributed by atoms with Gasteiger partial charge in [0, 0.05) is 20.0 Å². The van der Waals surface area contributed by atoms with Crippen molar-refractivity contribution in [1.82, 2.24) is 10.6 Å². The van der Waals surface area contributed by atoms with Gasteiger partial charge in [-0.05, 0) is 18.9 Å². The molecule has 0 aromatic carbocycles. The van der Waals surface area contributed by atoms with Crippen LogP contribution >= 0.6 is 0 Å². The van der Waals surface area contributed by atoms with Gasteiger partial charge >= 0.3 is 0 Å². The second-order valence-corrected chi connectivity index (χ2v) is 2.69. The van der Waals surface area contributed by atoms with Gasteiger partial charge in [0.25, 0.3) is 0 Å². The largest absolute Gasteiger partial charge is 0.356 e. The second-order valence-electron chi connectivity index (χ2n) is 2.69. The van der Waals surface area contributed by atoms with E-state index < -0.39 is 0 Å². The Hall–Kier alpha value is -1.32. The first-order chi connectivity index (χ1) is 6.16. The van der Waals surface area contributed by atoms with Crippen LogP contribution in [-0.4, -0.2) is 24.9 Å². The van der Waals surface area contributed by atoms with Crippen molar-refractivity contribution < 1.29 is 9.59 Å². The number of amides is 2. The van der Waals surface area contributed by atoms with E-state index in [2.05, 4.69) is 17.2 Å². The van der Waals surface area contributed by atoms with Crippen molar-refractivity contribution >= 4 is 11.8 Å². The highest BCUT2D eigenvalue weighted by Crippen LogP contribution is 1.84. The fourth-order valence-electron chi connectivity index (χ4n) is 0.798. The molecule has 4 nitrogen and oxygen atoms in total. The van der Waals surface area contributed by atoms with Crippen molar-refractivity contribution in [1.29, 1.82) is 0 Å². The monoisotopic (exact) mass is 184 g/mol. The van der Waals surface area contributed by atoms with Gasteiger partial charge in [-0.3, -0.25) is 9.59 Å². The molecule has 0 aliphatic heterocycles. The molecule has 4 heteroatoms. The van der Waals surface area contributed by atoms with E-state index in [1.807, 2.05) is 0 Å². The van der Waals surface area contributed by atoms with Crippen LogP contribution < -0.4 is 10.6 Å². The molecule has 13 heavy (non-hydrogen) atoms. The Morgan fingerprint density at radius 1 is 1.23 bits per heavy atom. The highest BCUT2D eigenvalue weighted by atomic mass is 16.2. The van der Waals surface area contributed by atoms with E-state index in [1.165, 1.54) is 13.0 Å². The number of carbonyl (C=O) groups excluding carboxylic acids is 2. The van der Waals surface area contributed by atoms with Crippen molar-refractivity contribution in [2.45, 2.75) is 19.8 Å². The third kappa shape index (κ3) is 8.59. The standard InChI is InChI=1S/C9H16N2O2/c1-3-9(13)11-7-5-4-6-10-8(2)12/h3H,1,4-7H2,2H3,(H,10,12)(H,11,13). The van der Waals surface area contributed by atoms with Gasteiger partial charge in [-0.25, -0.2) is 0 Å². The van der Waals surface area contributed by atoms with Crippen LogP contribution in [0.5, 0.6) is 0 Å². The molecular formula is C9H16N2O2. The topological polar surface area (TPSA) is 58.2 Å². The molecule has 0 fully saturated rings. The Bertz CT molecular complexity index is 190. The lowest BCUT2D eigenvalue weighted by Crippen LogP contribution is -2.24. The molecule has 0 aromatic heterocycles. The highest BCUT2D eigenvalue weighted by Gasteiger charge is 1.93. The van der Waals surface area contributed by atoms with E-state index in [9.17, 15) is 9.59 Å². The molecule has 0 atom stereocenters. The Labute approximate surface area is 78.4 Å². The SMILES string of the molecule is C=CC(=O)NCCCCNC(C)=O. The maximum absolute atomic E-state index is 10.7. The van der Waals surface area contributed by atoms with Gasteiger partial charge in [0.1, 0.15) is 0 Å². The Morgan fingerprint density at radius 3 is 2.23 bits per heavy atom. The van der Waals surface area contributed by atoms with Gasteiger partial charge in [0.05, 0.1) is 0 Å².